The molecule has 6 heteroatoms. The van der Waals surface area contributed by atoms with Crippen molar-refractivity contribution in [3.8, 4) is 5.75 Å². The molecule has 0 aliphatic heterocycles. The summed E-state index contributed by atoms with van der Waals surface area (Å²) in [6.07, 6.45) is 1.04. The zero-order valence-electron chi connectivity index (χ0n) is 15.4. The molecule has 0 spiro atoms. The molecule has 1 aliphatic carbocycles. The summed E-state index contributed by atoms with van der Waals surface area (Å²) in [6, 6.07) is 12.1. The van der Waals surface area contributed by atoms with Gasteiger partial charge >= 0.3 is 5.63 Å². The van der Waals surface area contributed by atoms with Crippen LogP contribution in [-0.2, 0) is 12.8 Å². The lowest BCUT2D eigenvalue weighted by atomic mass is 9.87. The number of aryl methyl sites for hydroxylation is 1. The van der Waals surface area contributed by atoms with E-state index in [1.807, 2.05) is 0 Å². The predicted molar refractivity (Wildman–Crippen MR) is 106 cm³/mol. The summed E-state index contributed by atoms with van der Waals surface area (Å²) in [7, 11) is 0. The van der Waals surface area contributed by atoms with E-state index in [4.69, 9.17) is 14.9 Å². The van der Waals surface area contributed by atoms with Gasteiger partial charge in [0.25, 0.3) is 0 Å². The summed E-state index contributed by atoms with van der Waals surface area (Å²) in [4.78, 5) is 12.3. The lowest BCUT2D eigenvalue weighted by Gasteiger charge is -2.23. The van der Waals surface area contributed by atoms with Crippen molar-refractivity contribution in [3.05, 3.63) is 69.6 Å². The largest absolute Gasteiger partial charge is 0.491 e. The van der Waals surface area contributed by atoms with Gasteiger partial charge in [-0.25, -0.2) is 4.79 Å². The number of benzene rings is 2. The Morgan fingerprint density at radius 1 is 1.07 bits per heavy atom. The number of aliphatic hydroxyl groups is 2. The smallest absolute Gasteiger partial charge is 0.339 e. The Hall–Kier alpha value is -2.83. The first-order valence-corrected chi connectivity index (χ1v) is 9.46. The fourth-order valence-electron chi connectivity index (χ4n) is 3.85. The van der Waals surface area contributed by atoms with E-state index in [1.165, 1.54) is 0 Å². The first-order chi connectivity index (χ1) is 13.5. The van der Waals surface area contributed by atoms with Crippen LogP contribution in [0.2, 0.25) is 0 Å². The van der Waals surface area contributed by atoms with Crippen LogP contribution in [0.5, 0.6) is 5.75 Å². The van der Waals surface area contributed by atoms with Crippen LogP contribution in [0.25, 0.3) is 11.0 Å². The third kappa shape index (κ3) is 3.48. The number of ether oxygens (including phenoxy) is 1. The number of aliphatic hydroxyl groups excluding tert-OH is 2. The van der Waals surface area contributed by atoms with Crippen LogP contribution < -0.4 is 16.1 Å². The second-order valence-electron chi connectivity index (χ2n) is 7.17. The minimum atomic E-state index is -1.18. The maximum atomic E-state index is 12.3. The fraction of sp³-hybridized carbons (Fsp3) is 0.318. The summed E-state index contributed by atoms with van der Waals surface area (Å²) in [5.74, 6) is 0.521. The molecule has 1 aromatic heterocycles. The van der Waals surface area contributed by atoms with Gasteiger partial charge in [0, 0.05) is 22.7 Å². The van der Waals surface area contributed by atoms with E-state index in [2.05, 4.69) is 0 Å². The minimum Gasteiger partial charge on any atom is -0.491 e. The summed E-state index contributed by atoms with van der Waals surface area (Å²) in [5.41, 5.74) is 8.57. The maximum Gasteiger partial charge on any atom is 0.339 e. The quantitative estimate of drug-likeness (QED) is 0.463. The highest BCUT2D eigenvalue weighted by Crippen LogP contribution is 2.33. The van der Waals surface area contributed by atoms with Crippen LogP contribution in [0.3, 0.4) is 0 Å². The molecule has 0 radical (unpaired) electrons. The van der Waals surface area contributed by atoms with Crippen molar-refractivity contribution < 1.29 is 19.4 Å². The van der Waals surface area contributed by atoms with Gasteiger partial charge in [-0.3, -0.25) is 0 Å². The molecule has 0 fully saturated rings. The van der Waals surface area contributed by atoms with Gasteiger partial charge in [0.15, 0.2) is 0 Å². The standard InChI is InChI=1S/C22H23NO5/c23-13-5-3-6-14(11-13)27-12-18(24)21(25)17-9-4-10-19-20(17)15-7-1-2-8-16(15)22(26)28-19/h3-6,9-11,18,21,24-25H,1-2,7-8,12,23H2. The summed E-state index contributed by atoms with van der Waals surface area (Å²) in [5, 5.41) is 22.1. The van der Waals surface area contributed by atoms with E-state index in [0.717, 1.165) is 30.2 Å². The second kappa shape index (κ2) is 7.66. The highest BCUT2D eigenvalue weighted by molar-refractivity contribution is 5.85. The Balaban J connectivity index is 1.65. The fourth-order valence-corrected chi connectivity index (χ4v) is 3.85. The van der Waals surface area contributed by atoms with Crippen LogP contribution in [0.15, 0.2) is 51.7 Å². The molecule has 2 unspecified atom stereocenters. The van der Waals surface area contributed by atoms with E-state index in [-0.39, 0.29) is 12.2 Å². The maximum absolute atomic E-state index is 12.3. The third-order valence-electron chi connectivity index (χ3n) is 5.24. The van der Waals surface area contributed by atoms with Crippen molar-refractivity contribution in [1.29, 1.82) is 0 Å². The Labute approximate surface area is 162 Å². The Morgan fingerprint density at radius 3 is 2.61 bits per heavy atom. The number of fused-ring (bicyclic) bond motifs is 3. The van der Waals surface area contributed by atoms with Gasteiger partial charge in [-0.1, -0.05) is 18.2 Å². The Morgan fingerprint density at radius 2 is 1.82 bits per heavy atom. The number of rotatable bonds is 5. The molecule has 2 aromatic carbocycles. The Bertz CT molecular complexity index is 1060. The summed E-state index contributed by atoms with van der Waals surface area (Å²) >= 11 is 0. The van der Waals surface area contributed by atoms with Crippen molar-refractivity contribution in [2.75, 3.05) is 12.3 Å². The van der Waals surface area contributed by atoms with Gasteiger partial charge in [0.1, 0.15) is 30.1 Å². The molecule has 3 aromatic rings. The SMILES string of the molecule is Nc1cccc(OCC(O)C(O)c2cccc3oc(=O)c4c(c23)CCCC4)c1. The lowest BCUT2D eigenvalue weighted by Crippen LogP contribution is -2.26. The molecule has 6 nitrogen and oxygen atoms in total. The monoisotopic (exact) mass is 381 g/mol. The highest BCUT2D eigenvalue weighted by Gasteiger charge is 2.26. The predicted octanol–water partition coefficient (Wildman–Crippen LogP) is 2.73. The van der Waals surface area contributed by atoms with Gasteiger partial charge in [-0.15, -0.1) is 0 Å². The van der Waals surface area contributed by atoms with Crippen molar-refractivity contribution in [2.24, 2.45) is 0 Å². The molecule has 146 valence electrons. The Kier molecular flexibility index (Phi) is 5.07. The molecule has 4 rings (SSSR count). The van der Waals surface area contributed by atoms with Gasteiger partial charge in [-0.05, 0) is 55.0 Å². The number of nitrogens with two attached hydrogens (primary N) is 1. The van der Waals surface area contributed by atoms with Crippen LogP contribution >= 0.6 is 0 Å². The topological polar surface area (TPSA) is 106 Å². The molecule has 4 N–H and O–H groups in total. The normalized spacial score (nSPS) is 15.8. The third-order valence-corrected chi connectivity index (χ3v) is 5.24. The average molecular weight is 381 g/mol. The first kappa shape index (κ1) is 18.5. The van der Waals surface area contributed by atoms with Crippen LogP contribution in [0, 0.1) is 0 Å². The molecule has 0 saturated heterocycles. The molecule has 0 amide bonds. The molecule has 0 saturated carbocycles. The highest BCUT2D eigenvalue weighted by atomic mass is 16.5. The van der Waals surface area contributed by atoms with E-state index < -0.39 is 12.2 Å². The molecule has 28 heavy (non-hydrogen) atoms. The van der Waals surface area contributed by atoms with Gasteiger partial charge < -0.3 is 25.1 Å². The molecule has 0 bridgehead atoms. The molecule has 2 atom stereocenters. The van der Waals surface area contributed by atoms with Gasteiger partial charge in [0.2, 0.25) is 0 Å². The van der Waals surface area contributed by atoms with Gasteiger partial charge in [0.05, 0.1) is 0 Å². The zero-order chi connectivity index (χ0) is 19.7. The van der Waals surface area contributed by atoms with E-state index in [9.17, 15) is 15.0 Å². The number of anilines is 1. The number of hydrogen-bond acceptors (Lipinski definition) is 6. The van der Waals surface area contributed by atoms with Crippen LogP contribution in [0.1, 0.15) is 35.6 Å². The molecular weight excluding hydrogens is 358 g/mol. The van der Waals surface area contributed by atoms with E-state index in [1.54, 1.807) is 42.5 Å². The zero-order valence-corrected chi connectivity index (χ0v) is 15.4. The van der Waals surface area contributed by atoms with Crippen molar-refractivity contribution in [1.82, 2.24) is 0 Å². The molecule has 1 aliphatic rings. The molecule has 1 heterocycles. The minimum absolute atomic E-state index is 0.0972. The van der Waals surface area contributed by atoms with Gasteiger partial charge in [-0.2, -0.15) is 0 Å². The van der Waals surface area contributed by atoms with Crippen molar-refractivity contribution in [3.63, 3.8) is 0 Å². The van der Waals surface area contributed by atoms with Crippen molar-refractivity contribution >= 4 is 16.7 Å². The van der Waals surface area contributed by atoms with E-state index >= 15 is 0 Å². The average Bonchev–Trinajstić information content (AvgIpc) is 2.71. The lowest BCUT2D eigenvalue weighted by molar-refractivity contribution is -0.00831. The molecular formula is C22H23NO5. The second-order valence-corrected chi connectivity index (χ2v) is 7.17. The first-order valence-electron chi connectivity index (χ1n) is 9.46. The van der Waals surface area contributed by atoms with Crippen molar-refractivity contribution in [2.45, 2.75) is 37.9 Å². The van der Waals surface area contributed by atoms with E-state index in [0.29, 0.717) is 34.6 Å². The summed E-state index contributed by atoms with van der Waals surface area (Å²) in [6.45, 7) is -0.0972. The number of nitrogen functional groups attached to an aromatic ring is 1. The van der Waals surface area contributed by atoms with Crippen LogP contribution in [0.4, 0.5) is 5.69 Å². The summed E-state index contributed by atoms with van der Waals surface area (Å²) < 4.78 is 11.1. The number of hydrogen-bond donors (Lipinski definition) is 3. The van der Waals surface area contributed by atoms with Crippen LogP contribution in [-0.4, -0.2) is 22.9 Å².